The summed E-state index contributed by atoms with van der Waals surface area (Å²) < 4.78 is 0. The minimum Gasteiger partial charge on any atom is -0.480 e. The lowest BCUT2D eigenvalue weighted by molar-refractivity contribution is -0.140. The van der Waals surface area contributed by atoms with E-state index in [2.05, 4.69) is 10.2 Å². The van der Waals surface area contributed by atoms with Crippen LogP contribution < -0.4 is 5.32 Å². The Morgan fingerprint density at radius 1 is 1.20 bits per heavy atom. The monoisotopic (exact) mass is 285 g/mol. The number of nitrogens with zero attached hydrogens (tertiary/aromatic N) is 2. The quantitative estimate of drug-likeness (QED) is 0.659. The number of aliphatic hydroxyl groups is 1. The highest BCUT2D eigenvalue weighted by Gasteiger charge is 2.32. The van der Waals surface area contributed by atoms with Gasteiger partial charge in [0.2, 0.25) is 0 Å². The number of urea groups is 1. The number of nitrogens with one attached hydrogen (secondary N) is 1. The maximum atomic E-state index is 12.0. The van der Waals surface area contributed by atoms with Crippen molar-refractivity contribution < 1.29 is 19.8 Å². The van der Waals surface area contributed by atoms with Crippen molar-refractivity contribution >= 4 is 12.0 Å². The molecule has 2 fully saturated rings. The van der Waals surface area contributed by atoms with Crippen molar-refractivity contribution in [3.63, 3.8) is 0 Å². The summed E-state index contributed by atoms with van der Waals surface area (Å²) in [4.78, 5) is 26.8. The van der Waals surface area contributed by atoms with Gasteiger partial charge in [-0.2, -0.15) is 0 Å². The van der Waals surface area contributed by atoms with E-state index in [4.69, 9.17) is 10.2 Å². The Bertz CT molecular complexity index is 358. The third kappa shape index (κ3) is 3.61. The molecule has 2 amide bonds. The fraction of sp³-hybridized carbons (Fsp3) is 0.846. The highest BCUT2D eigenvalue weighted by molar-refractivity contribution is 5.82. The predicted octanol–water partition coefficient (Wildman–Crippen LogP) is -0.298. The first-order chi connectivity index (χ1) is 9.61. The van der Waals surface area contributed by atoms with Crippen LogP contribution in [0.4, 0.5) is 4.79 Å². The third-order valence-electron chi connectivity index (χ3n) is 4.14. The van der Waals surface area contributed by atoms with Crippen molar-refractivity contribution in [2.75, 3.05) is 32.8 Å². The average molecular weight is 285 g/mol. The Labute approximate surface area is 118 Å². The van der Waals surface area contributed by atoms with Crippen molar-refractivity contribution in [1.82, 2.24) is 15.1 Å². The number of aliphatic hydroxyl groups excluding tert-OH is 1. The minimum absolute atomic E-state index is 0.387. The molecule has 7 nitrogen and oxygen atoms in total. The van der Waals surface area contributed by atoms with E-state index in [-0.39, 0.29) is 0 Å². The fourth-order valence-corrected chi connectivity index (χ4v) is 2.93. The number of aliphatic carboxylic acids is 1. The average Bonchev–Trinajstić information content (AvgIpc) is 2.95. The number of hydrogen-bond donors (Lipinski definition) is 3. The number of carboxylic acids is 1. The van der Waals surface area contributed by atoms with Crippen LogP contribution >= 0.6 is 0 Å². The van der Waals surface area contributed by atoms with Crippen molar-refractivity contribution in [2.24, 2.45) is 0 Å². The summed E-state index contributed by atoms with van der Waals surface area (Å²) in [5, 5.41) is 20.1. The van der Waals surface area contributed by atoms with Crippen molar-refractivity contribution in [2.45, 2.75) is 37.8 Å². The molecular formula is C13H23N3O4. The van der Waals surface area contributed by atoms with Gasteiger partial charge in [-0.1, -0.05) is 6.42 Å². The molecule has 114 valence electrons. The number of likely N-dealkylation sites (tertiary alicyclic amines) is 2. The summed E-state index contributed by atoms with van der Waals surface area (Å²) in [5.74, 6) is -1.22. The molecule has 7 heteroatoms. The molecule has 20 heavy (non-hydrogen) atoms. The molecule has 3 N–H and O–H groups in total. The Morgan fingerprint density at radius 3 is 2.50 bits per heavy atom. The fourth-order valence-electron chi connectivity index (χ4n) is 2.93. The predicted molar refractivity (Wildman–Crippen MR) is 72.4 cm³/mol. The molecule has 0 aliphatic carbocycles. The molecule has 0 aromatic rings. The smallest absolute Gasteiger partial charge is 0.328 e. The van der Waals surface area contributed by atoms with Crippen LogP contribution in [0.25, 0.3) is 0 Å². The Balaban J connectivity index is 1.82. The lowest BCUT2D eigenvalue weighted by Crippen LogP contribution is -2.50. The zero-order valence-electron chi connectivity index (χ0n) is 11.6. The molecule has 0 radical (unpaired) electrons. The molecule has 0 bridgehead atoms. The number of piperidine rings is 1. The lowest BCUT2D eigenvalue weighted by Gasteiger charge is -2.32. The van der Waals surface area contributed by atoms with E-state index in [1.54, 1.807) is 4.90 Å². The van der Waals surface area contributed by atoms with E-state index in [1.165, 1.54) is 19.3 Å². The van der Waals surface area contributed by atoms with Gasteiger partial charge in [-0.15, -0.1) is 0 Å². The Morgan fingerprint density at radius 2 is 1.90 bits per heavy atom. The van der Waals surface area contributed by atoms with Crippen LogP contribution in [-0.4, -0.2) is 76.9 Å². The van der Waals surface area contributed by atoms with Crippen LogP contribution in [0.2, 0.25) is 0 Å². The van der Waals surface area contributed by atoms with Gasteiger partial charge >= 0.3 is 12.0 Å². The Hall–Kier alpha value is -1.34. The largest absolute Gasteiger partial charge is 0.480 e. The van der Waals surface area contributed by atoms with E-state index in [0.29, 0.717) is 19.1 Å². The van der Waals surface area contributed by atoms with Crippen LogP contribution in [0.3, 0.4) is 0 Å². The van der Waals surface area contributed by atoms with Crippen LogP contribution in [0.15, 0.2) is 0 Å². The summed E-state index contributed by atoms with van der Waals surface area (Å²) >= 11 is 0. The molecule has 2 saturated heterocycles. The van der Waals surface area contributed by atoms with Crippen LogP contribution in [0, 0.1) is 0 Å². The van der Waals surface area contributed by atoms with Gasteiger partial charge in [0.05, 0.1) is 6.61 Å². The summed E-state index contributed by atoms with van der Waals surface area (Å²) in [6, 6.07) is -1.24. The van der Waals surface area contributed by atoms with E-state index in [1.807, 2.05) is 0 Å². The van der Waals surface area contributed by atoms with Crippen molar-refractivity contribution in [3.05, 3.63) is 0 Å². The van der Waals surface area contributed by atoms with Gasteiger partial charge in [0.1, 0.15) is 0 Å². The van der Waals surface area contributed by atoms with Crippen molar-refractivity contribution in [1.29, 1.82) is 0 Å². The molecule has 1 unspecified atom stereocenters. The number of rotatable bonds is 4. The molecule has 0 spiro atoms. The van der Waals surface area contributed by atoms with Gasteiger partial charge in [0.15, 0.2) is 6.04 Å². The second-order valence-electron chi connectivity index (χ2n) is 5.51. The number of carbonyl (C=O) groups is 2. The van der Waals surface area contributed by atoms with Crippen LogP contribution in [0.1, 0.15) is 25.7 Å². The summed E-state index contributed by atoms with van der Waals surface area (Å²) in [5.41, 5.74) is 0. The molecule has 2 atom stereocenters. The van der Waals surface area contributed by atoms with Gasteiger partial charge in [0, 0.05) is 19.1 Å². The summed E-state index contributed by atoms with van der Waals surface area (Å²) in [6.07, 6.45) is 4.65. The molecule has 2 aliphatic rings. The van der Waals surface area contributed by atoms with E-state index >= 15 is 0 Å². The highest BCUT2D eigenvalue weighted by Crippen LogP contribution is 2.20. The van der Waals surface area contributed by atoms with E-state index in [9.17, 15) is 9.59 Å². The normalized spacial score (nSPS) is 25.4. The molecule has 2 aliphatic heterocycles. The topological polar surface area (TPSA) is 93.1 Å². The minimum atomic E-state index is -1.23. The SMILES string of the molecule is O=C(O)[C@H](CO)NC(=O)N1CCC(N2CCCCC2)C1. The molecule has 0 aromatic carbocycles. The second kappa shape index (κ2) is 6.90. The standard InChI is InChI=1S/C13H23N3O4/c17-9-11(12(18)19)14-13(20)16-7-4-10(8-16)15-5-2-1-3-6-15/h10-11,17H,1-9H2,(H,14,20)(H,18,19)/t10?,11-/m0/s1. The van der Waals surface area contributed by atoms with Gasteiger partial charge in [0.25, 0.3) is 0 Å². The van der Waals surface area contributed by atoms with Gasteiger partial charge < -0.3 is 20.4 Å². The van der Waals surface area contributed by atoms with E-state index < -0.39 is 24.6 Å². The first-order valence-electron chi connectivity index (χ1n) is 7.25. The maximum Gasteiger partial charge on any atom is 0.328 e. The highest BCUT2D eigenvalue weighted by atomic mass is 16.4. The maximum absolute atomic E-state index is 12.0. The van der Waals surface area contributed by atoms with Crippen LogP contribution in [0.5, 0.6) is 0 Å². The molecular weight excluding hydrogens is 262 g/mol. The zero-order chi connectivity index (χ0) is 14.5. The zero-order valence-corrected chi connectivity index (χ0v) is 11.6. The molecule has 0 saturated carbocycles. The summed E-state index contributed by atoms with van der Waals surface area (Å²) in [7, 11) is 0. The van der Waals surface area contributed by atoms with Crippen LogP contribution in [-0.2, 0) is 4.79 Å². The number of carboxylic acid groups (broad SMARTS) is 1. The van der Waals surface area contributed by atoms with Gasteiger partial charge in [-0.05, 0) is 32.4 Å². The summed E-state index contributed by atoms with van der Waals surface area (Å²) in [6.45, 7) is 2.88. The van der Waals surface area contributed by atoms with Crippen molar-refractivity contribution in [3.8, 4) is 0 Å². The molecule has 2 heterocycles. The first-order valence-corrected chi connectivity index (χ1v) is 7.25. The van der Waals surface area contributed by atoms with E-state index in [0.717, 1.165) is 19.5 Å². The lowest BCUT2D eigenvalue weighted by atomic mass is 10.1. The third-order valence-corrected chi connectivity index (χ3v) is 4.14. The second-order valence-corrected chi connectivity index (χ2v) is 5.51. The first kappa shape index (κ1) is 15.1. The molecule has 0 aromatic heterocycles. The number of amides is 2. The number of carbonyl (C=O) groups excluding carboxylic acids is 1. The van der Waals surface area contributed by atoms with Gasteiger partial charge in [-0.3, -0.25) is 4.90 Å². The number of hydrogen-bond acceptors (Lipinski definition) is 4. The Kier molecular flexibility index (Phi) is 5.19. The van der Waals surface area contributed by atoms with Gasteiger partial charge in [-0.25, -0.2) is 9.59 Å². The molecule has 2 rings (SSSR count).